The van der Waals surface area contributed by atoms with Crippen molar-refractivity contribution in [2.24, 2.45) is 4.99 Å². The summed E-state index contributed by atoms with van der Waals surface area (Å²) in [6, 6.07) is 16.9. The van der Waals surface area contributed by atoms with Gasteiger partial charge in [0.15, 0.2) is 0 Å². The Morgan fingerprint density at radius 1 is 1.13 bits per heavy atom. The van der Waals surface area contributed by atoms with Crippen LogP contribution in [0, 0.1) is 0 Å². The lowest BCUT2D eigenvalue weighted by molar-refractivity contribution is -0.139. The number of H-pyrrole nitrogens is 1. The summed E-state index contributed by atoms with van der Waals surface area (Å²) in [6.07, 6.45) is 2.42. The van der Waals surface area contributed by atoms with Crippen LogP contribution in [0.5, 0.6) is 0 Å². The molecule has 0 saturated carbocycles. The van der Waals surface area contributed by atoms with Crippen LogP contribution >= 0.6 is 0 Å². The topological polar surface area (TPSA) is 127 Å². The molecule has 0 spiro atoms. The number of carbonyl (C=O) groups excluding carboxylic acids is 1. The Labute approximate surface area is 223 Å². The van der Waals surface area contributed by atoms with Crippen LogP contribution < -0.4 is 16.5 Å². The summed E-state index contributed by atoms with van der Waals surface area (Å²) < 4.78 is 12.7. The molecule has 3 heterocycles. The highest BCUT2D eigenvalue weighted by Gasteiger charge is 2.33. The predicted molar refractivity (Wildman–Crippen MR) is 144 cm³/mol. The third-order valence-corrected chi connectivity index (χ3v) is 6.63. The van der Waals surface area contributed by atoms with E-state index < -0.39 is 18.0 Å². The number of rotatable bonds is 7. The van der Waals surface area contributed by atoms with Crippen molar-refractivity contribution in [3.8, 4) is 11.3 Å². The second-order valence-corrected chi connectivity index (χ2v) is 9.10. The van der Waals surface area contributed by atoms with E-state index in [4.69, 9.17) is 9.15 Å². The maximum absolute atomic E-state index is 13.7. The molecule has 198 valence electrons. The third-order valence-electron chi connectivity index (χ3n) is 6.63. The van der Waals surface area contributed by atoms with E-state index in [-0.39, 0.29) is 23.1 Å². The molecule has 1 aliphatic heterocycles. The summed E-state index contributed by atoms with van der Waals surface area (Å²) in [6.45, 7) is 5.71. The van der Waals surface area contributed by atoms with Crippen molar-refractivity contribution < 1.29 is 23.8 Å². The van der Waals surface area contributed by atoms with Crippen LogP contribution in [0.25, 0.3) is 17.4 Å². The number of aromatic amines is 1. The molecule has 2 N–H and O–H groups in total. The summed E-state index contributed by atoms with van der Waals surface area (Å²) in [5, 5.41) is 9.50. The van der Waals surface area contributed by atoms with Gasteiger partial charge in [-0.3, -0.25) is 9.36 Å². The SMILES string of the molecule is CCOC(=O)C1=C(C)N=c2[nH]/c(=C\c3ccc(-c4cccc(C(=O)O)c4)o3)c(=O)n2C1c1ccc(CC)cc1. The smallest absolute Gasteiger partial charge is 0.338 e. The molecule has 9 heteroatoms. The molecule has 2 aromatic heterocycles. The number of carbonyl (C=O) groups is 2. The van der Waals surface area contributed by atoms with Crippen molar-refractivity contribution in [3.63, 3.8) is 0 Å². The van der Waals surface area contributed by atoms with E-state index in [0.29, 0.717) is 34.0 Å². The molecule has 0 fully saturated rings. The summed E-state index contributed by atoms with van der Waals surface area (Å²) in [5.74, 6) is -0.705. The predicted octanol–water partition coefficient (Wildman–Crippen LogP) is 3.59. The van der Waals surface area contributed by atoms with Crippen LogP contribution in [0.2, 0.25) is 0 Å². The van der Waals surface area contributed by atoms with Gasteiger partial charge < -0.3 is 19.2 Å². The van der Waals surface area contributed by atoms with Crippen LogP contribution in [0.4, 0.5) is 0 Å². The minimum Gasteiger partial charge on any atom is -0.478 e. The van der Waals surface area contributed by atoms with Gasteiger partial charge in [-0.25, -0.2) is 14.6 Å². The fraction of sp³-hybridized carbons (Fsp3) is 0.200. The molecule has 9 nitrogen and oxygen atoms in total. The fourth-order valence-corrected chi connectivity index (χ4v) is 4.68. The van der Waals surface area contributed by atoms with Gasteiger partial charge in [-0.1, -0.05) is 43.3 Å². The van der Waals surface area contributed by atoms with E-state index in [1.54, 1.807) is 44.2 Å². The highest BCUT2D eigenvalue weighted by atomic mass is 16.5. The summed E-state index contributed by atoms with van der Waals surface area (Å²) in [5.41, 5.74) is 3.34. The number of hydrogen-bond donors (Lipinski definition) is 2. The lowest BCUT2D eigenvalue weighted by Crippen LogP contribution is -2.40. The van der Waals surface area contributed by atoms with E-state index in [2.05, 4.69) is 16.9 Å². The molecule has 2 aromatic carbocycles. The van der Waals surface area contributed by atoms with Crippen molar-refractivity contribution in [1.29, 1.82) is 0 Å². The molecule has 1 atom stereocenters. The van der Waals surface area contributed by atoms with E-state index in [1.165, 1.54) is 16.7 Å². The number of imidazole rings is 1. The minimum absolute atomic E-state index is 0.143. The van der Waals surface area contributed by atoms with Crippen LogP contribution in [0.15, 0.2) is 86.1 Å². The standard InChI is InChI=1S/C30H27N3O6/c1-4-18-9-11-19(12-10-18)26-25(29(37)38-5-2)17(3)31-30-32-23(27(34)33(26)30)16-22-13-14-24(39-22)20-7-6-8-21(15-20)28(35)36/h6-16,26H,4-5H2,1-3H3,(H,31,32)(H,35,36)/b23-16-. The normalized spacial score (nSPS) is 15.2. The van der Waals surface area contributed by atoms with Crippen molar-refractivity contribution in [2.45, 2.75) is 33.2 Å². The lowest BCUT2D eigenvalue weighted by atomic mass is 9.95. The van der Waals surface area contributed by atoms with Crippen LogP contribution in [0.3, 0.4) is 0 Å². The van der Waals surface area contributed by atoms with Gasteiger partial charge in [0.2, 0.25) is 5.62 Å². The van der Waals surface area contributed by atoms with Crippen LogP contribution in [-0.4, -0.2) is 33.2 Å². The first-order valence-corrected chi connectivity index (χ1v) is 12.6. The number of allylic oxidation sites excluding steroid dienone is 1. The third kappa shape index (κ3) is 4.86. The molecule has 1 aliphatic rings. The van der Waals surface area contributed by atoms with Gasteiger partial charge in [-0.2, -0.15) is 0 Å². The van der Waals surface area contributed by atoms with Gasteiger partial charge in [0.1, 0.15) is 16.9 Å². The largest absolute Gasteiger partial charge is 0.478 e. The monoisotopic (exact) mass is 525 g/mol. The lowest BCUT2D eigenvalue weighted by Gasteiger charge is -2.24. The Bertz CT molecular complexity index is 1790. The fourth-order valence-electron chi connectivity index (χ4n) is 4.68. The zero-order chi connectivity index (χ0) is 27.7. The number of esters is 1. The highest BCUT2D eigenvalue weighted by molar-refractivity contribution is 5.91. The Kier molecular flexibility index (Phi) is 6.89. The Morgan fingerprint density at radius 3 is 2.59 bits per heavy atom. The van der Waals surface area contributed by atoms with Crippen molar-refractivity contribution in [2.75, 3.05) is 6.61 Å². The van der Waals surface area contributed by atoms with E-state index in [9.17, 15) is 19.5 Å². The van der Waals surface area contributed by atoms with E-state index >= 15 is 0 Å². The summed E-state index contributed by atoms with van der Waals surface area (Å²) >= 11 is 0. The first-order valence-electron chi connectivity index (χ1n) is 12.6. The molecule has 0 radical (unpaired) electrons. The van der Waals surface area contributed by atoms with Gasteiger partial charge in [-0.05, 0) is 55.7 Å². The number of fused-ring (bicyclic) bond motifs is 1. The molecule has 5 rings (SSSR count). The number of furan rings is 1. The Hall–Kier alpha value is -4.92. The van der Waals surface area contributed by atoms with Crippen LogP contribution in [-0.2, 0) is 16.0 Å². The second kappa shape index (κ2) is 10.4. The van der Waals surface area contributed by atoms with E-state index in [1.807, 2.05) is 24.3 Å². The average molecular weight is 526 g/mol. The number of carboxylic acid groups (broad SMARTS) is 1. The zero-order valence-corrected chi connectivity index (χ0v) is 21.7. The number of ether oxygens (including phenoxy) is 1. The van der Waals surface area contributed by atoms with Crippen LogP contribution in [0.1, 0.15) is 54.1 Å². The second-order valence-electron chi connectivity index (χ2n) is 9.10. The van der Waals surface area contributed by atoms with Gasteiger partial charge >= 0.3 is 11.9 Å². The molecule has 1 unspecified atom stereocenters. The van der Waals surface area contributed by atoms with Gasteiger partial charge in [0.25, 0.3) is 5.56 Å². The van der Waals surface area contributed by atoms with E-state index in [0.717, 1.165) is 17.5 Å². The van der Waals surface area contributed by atoms with Gasteiger partial charge in [-0.15, -0.1) is 0 Å². The molecule has 0 saturated heterocycles. The average Bonchev–Trinajstić information content (AvgIpc) is 3.52. The highest BCUT2D eigenvalue weighted by Crippen LogP contribution is 2.30. The number of hydrogen-bond acceptors (Lipinski definition) is 6. The molecule has 0 aliphatic carbocycles. The van der Waals surface area contributed by atoms with Crippen molar-refractivity contribution in [3.05, 3.63) is 116 Å². The number of aromatic carboxylic acids is 1. The first kappa shape index (κ1) is 25.7. The summed E-state index contributed by atoms with van der Waals surface area (Å²) in [7, 11) is 0. The Morgan fingerprint density at radius 2 is 1.90 bits per heavy atom. The van der Waals surface area contributed by atoms with Crippen molar-refractivity contribution in [1.82, 2.24) is 9.55 Å². The number of benzene rings is 2. The Balaban J connectivity index is 1.61. The molecule has 39 heavy (non-hydrogen) atoms. The number of carboxylic acids is 1. The molecule has 0 bridgehead atoms. The number of nitrogens with one attached hydrogen (secondary N) is 1. The number of aryl methyl sites for hydroxylation is 1. The van der Waals surface area contributed by atoms with Crippen molar-refractivity contribution >= 4 is 18.0 Å². The van der Waals surface area contributed by atoms with Gasteiger partial charge in [0.05, 0.1) is 29.5 Å². The molecule has 4 aromatic rings. The molecular weight excluding hydrogens is 498 g/mol. The zero-order valence-electron chi connectivity index (χ0n) is 21.7. The quantitative estimate of drug-likeness (QED) is 0.355. The first-order chi connectivity index (χ1) is 18.8. The molecular formula is C30H27N3O6. The number of nitrogens with zero attached hydrogens (tertiary/aromatic N) is 2. The maximum Gasteiger partial charge on any atom is 0.338 e. The van der Waals surface area contributed by atoms with Gasteiger partial charge in [0, 0.05) is 11.6 Å². The molecule has 0 amide bonds. The number of aromatic nitrogens is 2. The summed E-state index contributed by atoms with van der Waals surface area (Å²) in [4.78, 5) is 45.7. The minimum atomic E-state index is -1.03. The maximum atomic E-state index is 13.7.